The van der Waals surface area contributed by atoms with Crippen LogP contribution in [0.2, 0.25) is 0 Å². The van der Waals surface area contributed by atoms with Crippen molar-refractivity contribution in [1.82, 2.24) is 5.32 Å². The number of nitrogens with one attached hydrogen (secondary N) is 1. The Balaban J connectivity index is 3.39. The van der Waals surface area contributed by atoms with Crippen LogP contribution in [-0.4, -0.2) is 28.8 Å². The van der Waals surface area contributed by atoms with Gasteiger partial charge in [0.2, 0.25) is 0 Å². The van der Waals surface area contributed by atoms with Gasteiger partial charge < -0.3 is 5.32 Å². The fraction of sp³-hybridized carbons (Fsp3) is 1.00. The van der Waals surface area contributed by atoms with Crippen LogP contribution in [-0.2, 0) is 10.8 Å². The molecule has 13 heavy (non-hydrogen) atoms. The molecule has 0 rings (SSSR count). The van der Waals surface area contributed by atoms with Gasteiger partial charge in [-0.1, -0.05) is 20.3 Å². The van der Waals surface area contributed by atoms with Crippen molar-refractivity contribution in [3.63, 3.8) is 0 Å². The lowest BCUT2D eigenvalue weighted by Gasteiger charge is -2.13. The molecule has 0 radical (unpaired) electrons. The van der Waals surface area contributed by atoms with Crippen molar-refractivity contribution in [2.24, 2.45) is 5.92 Å². The maximum absolute atomic E-state index is 11.0. The highest BCUT2D eigenvalue weighted by molar-refractivity contribution is 7.84. The van der Waals surface area contributed by atoms with E-state index >= 15 is 0 Å². The minimum atomic E-state index is -0.691. The van der Waals surface area contributed by atoms with Crippen molar-refractivity contribution in [1.29, 1.82) is 0 Å². The van der Waals surface area contributed by atoms with Crippen LogP contribution in [0.3, 0.4) is 0 Å². The van der Waals surface area contributed by atoms with Crippen molar-refractivity contribution in [2.45, 2.75) is 38.9 Å². The zero-order chi connectivity index (χ0) is 10.3. The Morgan fingerprint density at radius 1 is 1.31 bits per heavy atom. The van der Waals surface area contributed by atoms with Gasteiger partial charge in [0.25, 0.3) is 0 Å². The first-order valence-electron chi connectivity index (χ1n) is 5.10. The van der Waals surface area contributed by atoms with Crippen LogP contribution in [0.15, 0.2) is 0 Å². The maximum atomic E-state index is 11.0. The highest BCUT2D eigenvalue weighted by Gasteiger charge is 2.06. The average molecular weight is 205 g/mol. The van der Waals surface area contributed by atoms with E-state index in [0.717, 1.165) is 19.0 Å². The second kappa shape index (κ2) is 7.51. The van der Waals surface area contributed by atoms with Gasteiger partial charge in [0.15, 0.2) is 0 Å². The number of rotatable bonds is 7. The fourth-order valence-electron chi connectivity index (χ4n) is 1.25. The highest BCUT2D eigenvalue weighted by atomic mass is 32.2. The van der Waals surface area contributed by atoms with E-state index in [2.05, 4.69) is 19.2 Å². The van der Waals surface area contributed by atoms with Gasteiger partial charge in [0.1, 0.15) is 0 Å². The number of hydrogen-bond donors (Lipinski definition) is 1. The van der Waals surface area contributed by atoms with Gasteiger partial charge in [-0.3, -0.25) is 4.21 Å². The van der Waals surface area contributed by atoms with Crippen molar-refractivity contribution < 1.29 is 4.21 Å². The van der Waals surface area contributed by atoms with Crippen molar-refractivity contribution in [3.05, 3.63) is 0 Å². The van der Waals surface area contributed by atoms with Crippen LogP contribution >= 0.6 is 0 Å². The van der Waals surface area contributed by atoms with Crippen LogP contribution in [0.25, 0.3) is 0 Å². The molecule has 2 nitrogen and oxygen atoms in total. The summed E-state index contributed by atoms with van der Waals surface area (Å²) in [6.45, 7) is 8.41. The summed E-state index contributed by atoms with van der Waals surface area (Å²) in [6.07, 6.45) is 4.29. The maximum Gasteiger partial charge on any atom is 0.0441 e. The van der Waals surface area contributed by atoms with Gasteiger partial charge in [0, 0.05) is 28.9 Å². The zero-order valence-electron chi connectivity index (χ0n) is 9.30. The largest absolute Gasteiger partial charge is 0.315 e. The summed E-state index contributed by atoms with van der Waals surface area (Å²) in [5, 5.41) is 3.63. The summed E-state index contributed by atoms with van der Waals surface area (Å²) in [5.74, 6) is 0.738. The van der Waals surface area contributed by atoms with Gasteiger partial charge in [-0.15, -0.1) is 0 Å². The van der Waals surface area contributed by atoms with Crippen molar-refractivity contribution in [3.8, 4) is 0 Å². The third-order valence-electron chi connectivity index (χ3n) is 2.27. The molecule has 0 aliphatic rings. The molecule has 0 saturated carbocycles. The third kappa shape index (κ3) is 7.20. The molecule has 3 atom stereocenters. The first kappa shape index (κ1) is 13.1. The summed E-state index contributed by atoms with van der Waals surface area (Å²) in [7, 11) is -0.691. The fourth-order valence-corrected chi connectivity index (χ4v) is 1.60. The van der Waals surface area contributed by atoms with Crippen molar-refractivity contribution in [2.75, 3.05) is 19.3 Å². The predicted molar refractivity (Wildman–Crippen MR) is 60.5 cm³/mol. The molecule has 0 aromatic heterocycles. The summed E-state index contributed by atoms with van der Waals surface area (Å²) in [5.41, 5.74) is 0. The molecule has 3 heteroatoms. The molecule has 0 heterocycles. The summed E-state index contributed by atoms with van der Waals surface area (Å²) >= 11 is 0. The van der Waals surface area contributed by atoms with E-state index in [9.17, 15) is 4.21 Å². The first-order valence-corrected chi connectivity index (χ1v) is 6.73. The molecule has 0 aromatic rings. The molecule has 0 aliphatic carbocycles. The van der Waals surface area contributed by atoms with Crippen LogP contribution in [0.1, 0.15) is 33.6 Å². The Morgan fingerprint density at radius 3 is 2.38 bits per heavy atom. The Labute approximate surface area is 84.9 Å². The molecule has 1 N–H and O–H groups in total. The minimum absolute atomic E-state index is 0.272. The Bertz CT molecular complexity index is 150. The monoisotopic (exact) mass is 205 g/mol. The van der Waals surface area contributed by atoms with Gasteiger partial charge >= 0.3 is 0 Å². The quantitative estimate of drug-likeness (QED) is 0.686. The average Bonchev–Trinajstić information content (AvgIpc) is 2.04. The molecule has 0 spiro atoms. The standard InChI is InChI=1S/C10H23NOS/c1-5-6-9(2)7-11-8-10(3)13(4)12/h9-11H,5-8H2,1-4H3. The Kier molecular flexibility index (Phi) is 7.57. The van der Waals surface area contributed by atoms with E-state index in [-0.39, 0.29) is 5.25 Å². The SMILES string of the molecule is CCCC(C)CNCC(C)S(C)=O. The molecule has 0 bridgehead atoms. The van der Waals surface area contributed by atoms with Gasteiger partial charge in [-0.25, -0.2) is 0 Å². The van der Waals surface area contributed by atoms with Gasteiger partial charge in [-0.2, -0.15) is 0 Å². The summed E-state index contributed by atoms with van der Waals surface area (Å²) in [6, 6.07) is 0. The van der Waals surface area contributed by atoms with E-state index in [1.807, 2.05) is 6.92 Å². The lowest BCUT2D eigenvalue weighted by Crippen LogP contribution is -2.30. The van der Waals surface area contributed by atoms with Gasteiger partial charge in [0.05, 0.1) is 0 Å². The first-order chi connectivity index (χ1) is 6.07. The van der Waals surface area contributed by atoms with E-state index in [4.69, 9.17) is 0 Å². The highest BCUT2D eigenvalue weighted by Crippen LogP contribution is 2.02. The summed E-state index contributed by atoms with van der Waals surface area (Å²) in [4.78, 5) is 0. The minimum Gasteiger partial charge on any atom is -0.315 e. The van der Waals surface area contributed by atoms with E-state index in [1.165, 1.54) is 12.8 Å². The molecule has 0 fully saturated rings. The van der Waals surface area contributed by atoms with Crippen LogP contribution in [0.5, 0.6) is 0 Å². The lowest BCUT2D eigenvalue weighted by molar-refractivity contribution is 0.477. The third-order valence-corrected chi connectivity index (χ3v) is 3.57. The molecule has 80 valence electrons. The molecular weight excluding hydrogens is 182 g/mol. The molecule has 3 unspecified atom stereocenters. The van der Waals surface area contributed by atoms with Crippen LogP contribution in [0.4, 0.5) is 0 Å². The Hall–Kier alpha value is 0.110. The smallest absolute Gasteiger partial charge is 0.0441 e. The second-order valence-corrected chi connectivity index (χ2v) is 5.66. The van der Waals surface area contributed by atoms with Crippen molar-refractivity contribution >= 4 is 10.8 Å². The normalized spacial score (nSPS) is 18.2. The second-order valence-electron chi connectivity index (χ2n) is 3.86. The molecule has 0 aromatic carbocycles. The topological polar surface area (TPSA) is 29.1 Å². The molecule has 0 aliphatic heterocycles. The van der Waals surface area contributed by atoms with E-state index < -0.39 is 10.8 Å². The predicted octanol–water partition coefficient (Wildman–Crippen LogP) is 1.78. The lowest BCUT2D eigenvalue weighted by atomic mass is 10.1. The van der Waals surface area contributed by atoms with E-state index in [1.54, 1.807) is 6.26 Å². The zero-order valence-corrected chi connectivity index (χ0v) is 10.1. The summed E-state index contributed by atoms with van der Waals surface area (Å²) < 4.78 is 11.0. The number of hydrogen-bond acceptors (Lipinski definition) is 2. The van der Waals surface area contributed by atoms with Crippen LogP contribution < -0.4 is 5.32 Å². The molecular formula is C10H23NOS. The molecule has 0 saturated heterocycles. The molecule has 0 amide bonds. The Morgan fingerprint density at radius 2 is 1.92 bits per heavy atom. The van der Waals surface area contributed by atoms with Gasteiger partial charge in [-0.05, 0) is 25.8 Å². The van der Waals surface area contributed by atoms with E-state index in [0.29, 0.717) is 0 Å². The van der Waals surface area contributed by atoms with Crippen LogP contribution in [0, 0.1) is 5.92 Å².